The molecule has 0 unspecified atom stereocenters. The molecule has 2 aromatic rings. The second-order valence-electron chi connectivity index (χ2n) is 4.31. The molecule has 0 amide bonds. The van der Waals surface area contributed by atoms with Crippen LogP contribution < -0.4 is 0 Å². The van der Waals surface area contributed by atoms with Crippen molar-refractivity contribution in [2.45, 2.75) is 25.2 Å². The maximum atomic E-state index is 10.6. The van der Waals surface area contributed by atoms with Gasteiger partial charge in [-0.15, -0.1) is 0 Å². The van der Waals surface area contributed by atoms with Crippen molar-refractivity contribution in [3.05, 3.63) is 35.8 Å². The number of rotatable bonds is 3. The van der Waals surface area contributed by atoms with Gasteiger partial charge in [-0.2, -0.15) is 0 Å². The summed E-state index contributed by atoms with van der Waals surface area (Å²) in [5.41, 5.74) is 2.84. The van der Waals surface area contributed by atoms with Crippen LogP contribution in [0.4, 0.5) is 0 Å². The highest BCUT2D eigenvalue weighted by Gasteiger charge is 2.26. The minimum atomic E-state index is -0.804. The predicted octanol–water partition coefficient (Wildman–Crippen LogP) is 1.84. The lowest BCUT2D eigenvalue weighted by Gasteiger charge is -1.97. The molecular weight excluding hydrogens is 204 g/mol. The van der Waals surface area contributed by atoms with E-state index in [-0.39, 0.29) is 6.42 Å². The number of aromatic nitrogens is 2. The Balaban J connectivity index is 1.99. The number of pyridine rings is 1. The maximum Gasteiger partial charge on any atom is 0.307 e. The smallest absolute Gasteiger partial charge is 0.307 e. The number of hydrogen-bond acceptors (Lipinski definition) is 2. The van der Waals surface area contributed by atoms with E-state index in [1.807, 2.05) is 28.9 Å². The van der Waals surface area contributed by atoms with Gasteiger partial charge in [-0.1, -0.05) is 6.07 Å². The van der Waals surface area contributed by atoms with E-state index >= 15 is 0 Å². The van der Waals surface area contributed by atoms with Crippen LogP contribution in [0.5, 0.6) is 0 Å². The normalized spacial score (nSPS) is 15.5. The molecular formula is C12H12N2O2. The zero-order chi connectivity index (χ0) is 11.1. The minimum absolute atomic E-state index is 0.0624. The van der Waals surface area contributed by atoms with E-state index in [0.717, 1.165) is 16.9 Å². The molecule has 4 heteroatoms. The van der Waals surface area contributed by atoms with E-state index < -0.39 is 5.97 Å². The van der Waals surface area contributed by atoms with Crippen LogP contribution in [0, 0.1) is 0 Å². The number of carbonyl (C=O) groups is 1. The fraction of sp³-hybridized carbons (Fsp3) is 0.333. The van der Waals surface area contributed by atoms with Gasteiger partial charge in [0.25, 0.3) is 0 Å². The Morgan fingerprint density at radius 1 is 1.44 bits per heavy atom. The molecule has 0 atom stereocenters. The summed E-state index contributed by atoms with van der Waals surface area (Å²) in [5, 5.41) is 8.72. The third-order valence-corrected chi connectivity index (χ3v) is 2.88. The van der Waals surface area contributed by atoms with Crippen molar-refractivity contribution in [2.24, 2.45) is 0 Å². The van der Waals surface area contributed by atoms with Crippen molar-refractivity contribution in [1.29, 1.82) is 0 Å². The molecule has 3 rings (SSSR count). The first-order chi connectivity index (χ1) is 7.72. The van der Waals surface area contributed by atoms with Crippen LogP contribution in [0.1, 0.15) is 30.0 Å². The van der Waals surface area contributed by atoms with E-state index in [4.69, 9.17) is 5.11 Å². The molecule has 1 saturated carbocycles. The fourth-order valence-corrected chi connectivity index (χ4v) is 1.91. The summed E-state index contributed by atoms with van der Waals surface area (Å²) in [7, 11) is 0. The molecule has 1 aliphatic rings. The molecule has 2 aromatic heterocycles. The summed E-state index contributed by atoms with van der Waals surface area (Å²) in [6.45, 7) is 0. The lowest BCUT2D eigenvalue weighted by Crippen LogP contribution is -2.00. The van der Waals surface area contributed by atoms with Crippen molar-refractivity contribution >= 4 is 11.6 Å². The van der Waals surface area contributed by atoms with Gasteiger partial charge in [0.1, 0.15) is 5.65 Å². The first-order valence-electron chi connectivity index (χ1n) is 5.42. The number of imidazole rings is 1. The minimum Gasteiger partial charge on any atom is -0.481 e. The van der Waals surface area contributed by atoms with Gasteiger partial charge in [0, 0.05) is 18.3 Å². The Hall–Kier alpha value is -1.84. The van der Waals surface area contributed by atoms with Crippen LogP contribution in [0.25, 0.3) is 5.65 Å². The summed E-state index contributed by atoms with van der Waals surface area (Å²) in [5.74, 6) is -0.176. The topological polar surface area (TPSA) is 54.6 Å². The molecule has 0 aromatic carbocycles. The lowest BCUT2D eigenvalue weighted by atomic mass is 10.2. The molecule has 16 heavy (non-hydrogen) atoms. The lowest BCUT2D eigenvalue weighted by molar-refractivity contribution is -0.136. The molecule has 0 aliphatic heterocycles. The van der Waals surface area contributed by atoms with Gasteiger partial charge in [0.15, 0.2) is 0 Å². The van der Waals surface area contributed by atoms with Crippen LogP contribution in [0.15, 0.2) is 24.5 Å². The molecule has 4 nitrogen and oxygen atoms in total. The predicted molar refractivity (Wildman–Crippen MR) is 58.5 cm³/mol. The standard InChI is InChI=1S/C12H12N2O2/c15-12(16)5-8-1-4-11-13-10(9-2-3-9)7-14(11)6-8/h1,4,6-7,9H,2-3,5H2,(H,15,16). The highest BCUT2D eigenvalue weighted by Crippen LogP contribution is 2.39. The molecule has 1 aliphatic carbocycles. The molecule has 0 radical (unpaired) electrons. The van der Waals surface area contributed by atoms with E-state index in [2.05, 4.69) is 4.98 Å². The monoisotopic (exact) mass is 216 g/mol. The van der Waals surface area contributed by atoms with Gasteiger partial charge in [0.05, 0.1) is 12.1 Å². The van der Waals surface area contributed by atoms with Crippen molar-refractivity contribution in [3.8, 4) is 0 Å². The Kier molecular flexibility index (Phi) is 1.96. The quantitative estimate of drug-likeness (QED) is 0.851. The van der Waals surface area contributed by atoms with Crippen LogP contribution in [0.2, 0.25) is 0 Å². The zero-order valence-corrected chi connectivity index (χ0v) is 8.76. The highest BCUT2D eigenvalue weighted by molar-refractivity contribution is 5.70. The molecule has 0 spiro atoms. The summed E-state index contributed by atoms with van der Waals surface area (Å²) in [6, 6.07) is 3.71. The number of fused-ring (bicyclic) bond motifs is 1. The molecule has 2 heterocycles. The maximum absolute atomic E-state index is 10.6. The SMILES string of the molecule is O=C(O)Cc1ccc2nc(C3CC3)cn2c1. The fourth-order valence-electron chi connectivity index (χ4n) is 1.91. The van der Waals surface area contributed by atoms with Crippen molar-refractivity contribution in [3.63, 3.8) is 0 Å². The van der Waals surface area contributed by atoms with Gasteiger partial charge < -0.3 is 9.51 Å². The number of carboxylic acid groups (broad SMARTS) is 1. The summed E-state index contributed by atoms with van der Waals surface area (Å²) in [6.07, 6.45) is 6.38. The highest BCUT2D eigenvalue weighted by atomic mass is 16.4. The summed E-state index contributed by atoms with van der Waals surface area (Å²) in [4.78, 5) is 15.1. The van der Waals surface area contributed by atoms with Crippen molar-refractivity contribution < 1.29 is 9.90 Å². The third kappa shape index (κ3) is 1.66. The Morgan fingerprint density at radius 3 is 2.94 bits per heavy atom. The van der Waals surface area contributed by atoms with E-state index in [1.54, 1.807) is 0 Å². The average molecular weight is 216 g/mol. The zero-order valence-electron chi connectivity index (χ0n) is 8.76. The van der Waals surface area contributed by atoms with Gasteiger partial charge in [-0.3, -0.25) is 4.79 Å². The summed E-state index contributed by atoms with van der Waals surface area (Å²) < 4.78 is 1.92. The van der Waals surface area contributed by atoms with E-state index in [0.29, 0.717) is 5.92 Å². The van der Waals surface area contributed by atoms with Crippen LogP contribution in [-0.4, -0.2) is 20.5 Å². The molecule has 0 saturated heterocycles. The van der Waals surface area contributed by atoms with Gasteiger partial charge in [0.2, 0.25) is 0 Å². The van der Waals surface area contributed by atoms with Gasteiger partial charge in [-0.25, -0.2) is 4.98 Å². The van der Waals surface area contributed by atoms with Gasteiger partial charge in [-0.05, 0) is 24.5 Å². The van der Waals surface area contributed by atoms with Crippen LogP contribution in [0.3, 0.4) is 0 Å². The van der Waals surface area contributed by atoms with E-state index in [1.165, 1.54) is 12.8 Å². The van der Waals surface area contributed by atoms with E-state index in [9.17, 15) is 4.79 Å². The van der Waals surface area contributed by atoms with Crippen LogP contribution >= 0.6 is 0 Å². The van der Waals surface area contributed by atoms with Crippen LogP contribution in [-0.2, 0) is 11.2 Å². The Morgan fingerprint density at radius 2 is 2.25 bits per heavy atom. The number of nitrogens with zero attached hydrogens (tertiary/aromatic N) is 2. The molecule has 0 bridgehead atoms. The number of hydrogen-bond donors (Lipinski definition) is 1. The molecule has 1 fully saturated rings. The Labute approximate surface area is 92.5 Å². The molecule has 1 N–H and O–H groups in total. The second kappa shape index (κ2) is 3.33. The van der Waals surface area contributed by atoms with Crippen molar-refractivity contribution in [1.82, 2.24) is 9.38 Å². The molecule has 82 valence electrons. The third-order valence-electron chi connectivity index (χ3n) is 2.88. The van der Waals surface area contributed by atoms with Crippen molar-refractivity contribution in [2.75, 3.05) is 0 Å². The second-order valence-corrected chi connectivity index (χ2v) is 4.31. The van der Waals surface area contributed by atoms with Gasteiger partial charge >= 0.3 is 5.97 Å². The first-order valence-corrected chi connectivity index (χ1v) is 5.42. The number of aliphatic carboxylic acids is 1. The summed E-state index contributed by atoms with van der Waals surface area (Å²) >= 11 is 0. The first kappa shape index (κ1) is 9.39. The average Bonchev–Trinajstić information content (AvgIpc) is 2.98. The largest absolute Gasteiger partial charge is 0.481 e. The Bertz CT molecular complexity index is 555. The number of carboxylic acids is 1.